The molecule has 0 aliphatic carbocycles. The third-order valence-electron chi connectivity index (χ3n) is 4.94. The SMILES string of the molecule is O=c1c2ccccc2cnn1CN1CCN(S(=O)(=O)c2ccc(Br)cc2Cl)CC1. The summed E-state index contributed by atoms with van der Waals surface area (Å²) >= 11 is 9.43. The van der Waals surface area contributed by atoms with Crippen molar-refractivity contribution in [2.24, 2.45) is 0 Å². The van der Waals surface area contributed by atoms with Gasteiger partial charge in [-0.25, -0.2) is 13.1 Å². The highest BCUT2D eigenvalue weighted by Crippen LogP contribution is 2.28. The molecule has 0 amide bonds. The van der Waals surface area contributed by atoms with Crippen molar-refractivity contribution in [3.8, 4) is 0 Å². The molecule has 0 unspecified atom stereocenters. The summed E-state index contributed by atoms with van der Waals surface area (Å²) in [5.41, 5.74) is -0.153. The number of rotatable bonds is 4. The van der Waals surface area contributed by atoms with Crippen molar-refractivity contribution >= 4 is 48.3 Å². The van der Waals surface area contributed by atoms with Crippen LogP contribution in [0.1, 0.15) is 0 Å². The van der Waals surface area contributed by atoms with E-state index in [9.17, 15) is 13.2 Å². The number of nitrogens with zero attached hydrogens (tertiary/aromatic N) is 4. The van der Waals surface area contributed by atoms with Crippen molar-refractivity contribution in [3.05, 3.63) is 68.5 Å². The van der Waals surface area contributed by atoms with Gasteiger partial charge < -0.3 is 0 Å². The molecule has 0 saturated carbocycles. The van der Waals surface area contributed by atoms with E-state index < -0.39 is 10.0 Å². The number of hydrogen-bond acceptors (Lipinski definition) is 5. The minimum atomic E-state index is -3.67. The Bertz CT molecular complexity index is 1220. The van der Waals surface area contributed by atoms with Crippen LogP contribution in [0.3, 0.4) is 0 Å². The average Bonchev–Trinajstić information content (AvgIpc) is 2.70. The van der Waals surface area contributed by atoms with Crippen LogP contribution in [0, 0.1) is 0 Å². The fourth-order valence-electron chi connectivity index (χ4n) is 3.35. The van der Waals surface area contributed by atoms with Crippen LogP contribution in [0.2, 0.25) is 5.02 Å². The molecular formula is C19H18BrClN4O3S. The molecule has 10 heteroatoms. The first-order valence-corrected chi connectivity index (χ1v) is 11.6. The second-order valence-electron chi connectivity index (χ2n) is 6.77. The van der Waals surface area contributed by atoms with Crippen LogP contribution in [-0.4, -0.2) is 53.6 Å². The van der Waals surface area contributed by atoms with E-state index in [1.165, 1.54) is 15.1 Å². The molecule has 152 valence electrons. The Morgan fingerprint density at radius 1 is 1.07 bits per heavy atom. The second kappa shape index (κ2) is 8.16. The summed E-state index contributed by atoms with van der Waals surface area (Å²) in [7, 11) is -3.67. The minimum Gasteiger partial charge on any atom is -0.282 e. The lowest BCUT2D eigenvalue weighted by atomic mass is 10.2. The van der Waals surface area contributed by atoms with E-state index in [4.69, 9.17) is 11.6 Å². The molecule has 0 spiro atoms. The molecule has 2 aromatic carbocycles. The lowest BCUT2D eigenvalue weighted by Crippen LogP contribution is -2.49. The minimum absolute atomic E-state index is 0.100. The Balaban J connectivity index is 1.47. The van der Waals surface area contributed by atoms with Crippen LogP contribution in [0.25, 0.3) is 10.8 Å². The molecule has 1 aromatic heterocycles. The molecule has 0 N–H and O–H groups in total. The summed E-state index contributed by atoms with van der Waals surface area (Å²) in [6.07, 6.45) is 1.67. The molecule has 3 aromatic rings. The Labute approximate surface area is 181 Å². The van der Waals surface area contributed by atoms with Crippen LogP contribution in [0.4, 0.5) is 0 Å². The van der Waals surface area contributed by atoms with Crippen molar-refractivity contribution in [2.75, 3.05) is 26.2 Å². The highest BCUT2D eigenvalue weighted by Gasteiger charge is 2.30. The Hall–Kier alpha value is -1.78. The summed E-state index contributed by atoms with van der Waals surface area (Å²) < 4.78 is 29.4. The van der Waals surface area contributed by atoms with E-state index in [2.05, 4.69) is 21.0 Å². The summed E-state index contributed by atoms with van der Waals surface area (Å²) in [4.78, 5) is 14.7. The van der Waals surface area contributed by atoms with Gasteiger partial charge in [0, 0.05) is 36.0 Å². The van der Waals surface area contributed by atoms with Crippen LogP contribution in [0.15, 0.2) is 62.8 Å². The van der Waals surface area contributed by atoms with Crippen molar-refractivity contribution in [2.45, 2.75) is 11.6 Å². The quantitative estimate of drug-likeness (QED) is 0.554. The van der Waals surface area contributed by atoms with Gasteiger partial charge in [-0.2, -0.15) is 9.40 Å². The maximum absolute atomic E-state index is 12.9. The molecular weight excluding hydrogens is 480 g/mol. The number of fused-ring (bicyclic) bond motifs is 1. The Morgan fingerprint density at radius 2 is 1.79 bits per heavy atom. The van der Waals surface area contributed by atoms with Gasteiger partial charge in [0.2, 0.25) is 10.0 Å². The normalized spacial score (nSPS) is 16.3. The van der Waals surface area contributed by atoms with Gasteiger partial charge >= 0.3 is 0 Å². The number of piperazine rings is 1. The molecule has 1 aliphatic rings. The molecule has 7 nitrogen and oxygen atoms in total. The van der Waals surface area contributed by atoms with Gasteiger partial charge in [0.25, 0.3) is 5.56 Å². The molecule has 0 bridgehead atoms. The van der Waals surface area contributed by atoms with Crippen molar-refractivity contribution in [1.29, 1.82) is 0 Å². The van der Waals surface area contributed by atoms with Gasteiger partial charge in [-0.05, 0) is 24.3 Å². The topological polar surface area (TPSA) is 75.5 Å². The Morgan fingerprint density at radius 3 is 2.52 bits per heavy atom. The molecule has 1 saturated heterocycles. The molecule has 4 rings (SSSR count). The van der Waals surface area contributed by atoms with Gasteiger partial charge in [0.1, 0.15) is 4.90 Å². The van der Waals surface area contributed by atoms with Crippen molar-refractivity contribution < 1.29 is 8.42 Å². The highest BCUT2D eigenvalue weighted by molar-refractivity contribution is 9.10. The fraction of sp³-hybridized carbons (Fsp3) is 0.263. The summed E-state index contributed by atoms with van der Waals surface area (Å²) in [6, 6.07) is 12.1. The number of aromatic nitrogens is 2. The lowest BCUT2D eigenvalue weighted by molar-refractivity contribution is 0.143. The van der Waals surface area contributed by atoms with Gasteiger partial charge in [-0.3, -0.25) is 9.69 Å². The van der Waals surface area contributed by atoms with E-state index in [1.54, 1.807) is 24.4 Å². The standard InChI is InChI=1S/C19H18BrClN4O3S/c20-15-5-6-18(17(21)11-15)29(27,28)24-9-7-23(8-10-24)13-25-19(26)16-4-2-1-3-14(16)12-22-25/h1-6,11-12H,7-10,13H2. The average molecular weight is 498 g/mol. The zero-order valence-corrected chi connectivity index (χ0v) is 18.5. The van der Waals surface area contributed by atoms with Crippen LogP contribution >= 0.6 is 27.5 Å². The first-order valence-electron chi connectivity index (χ1n) is 8.99. The predicted octanol–water partition coefficient (Wildman–Crippen LogP) is 2.78. The highest BCUT2D eigenvalue weighted by atomic mass is 79.9. The van der Waals surface area contributed by atoms with E-state index in [0.717, 1.165) is 9.86 Å². The van der Waals surface area contributed by atoms with E-state index in [1.807, 2.05) is 23.1 Å². The van der Waals surface area contributed by atoms with Crippen LogP contribution in [-0.2, 0) is 16.7 Å². The molecule has 1 fully saturated rings. The van der Waals surface area contributed by atoms with E-state index in [0.29, 0.717) is 38.2 Å². The summed E-state index contributed by atoms with van der Waals surface area (Å²) in [5, 5.41) is 5.85. The van der Waals surface area contributed by atoms with Crippen molar-refractivity contribution in [3.63, 3.8) is 0 Å². The lowest BCUT2D eigenvalue weighted by Gasteiger charge is -2.34. The maximum atomic E-state index is 12.9. The van der Waals surface area contributed by atoms with Crippen LogP contribution < -0.4 is 5.56 Å². The molecule has 0 radical (unpaired) electrons. The van der Waals surface area contributed by atoms with Gasteiger partial charge in [0.15, 0.2) is 0 Å². The number of hydrogen-bond donors (Lipinski definition) is 0. The van der Waals surface area contributed by atoms with Gasteiger partial charge in [0.05, 0.1) is 23.3 Å². The molecule has 29 heavy (non-hydrogen) atoms. The van der Waals surface area contributed by atoms with Crippen molar-refractivity contribution in [1.82, 2.24) is 19.0 Å². The van der Waals surface area contributed by atoms with Gasteiger partial charge in [-0.1, -0.05) is 45.7 Å². The Kier molecular flexibility index (Phi) is 5.76. The zero-order chi connectivity index (χ0) is 20.6. The third kappa shape index (κ3) is 4.10. The number of benzene rings is 2. The maximum Gasteiger partial charge on any atom is 0.275 e. The fourth-order valence-corrected chi connectivity index (χ4v) is 5.79. The first-order chi connectivity index (χ1) is 13.9. The largest absolute Gasteiger partial charge is 0.282 e. The smallest absolute Gasteiger partial charge is 0.275 e. The number of halogens is 2. The monoisotopic (exact) mass is 496 g/mol. The van der Waals surface area contributed by atoms with E-state index in [-0.39, 0.29) is 15.5 Å². The molecule has 2 heterocycles. The van der Waals surface area contributed by atoms with Gasteiger partial charge in [-0.15, -0.1) is 0 Å². The summed E-state index contributed by atoms with van der Waals surface area (Å²) in [6.45, 7) is 1.94. The second-order valence-corrected chi connectivity index (χ2v) is 10.0. The first kappa shape index (κ1) is 20.5. The van der Waals surface area contributed by atoms with Crippen LogP contribution in [0.5, 0.6) is 0 Å². The molecule has 1 aliphatic heterocycles. The number of sulfonamides is 1. The summed E-state index contributed by atoms with van der Waals surface area (Å²) in [5.74, 6) is 0. The predicted molar refractivity (Wildman–Crippen MR) is 115 cm³/mol. The van der Waals surface area contributed by atoms with E-state index >= 15 is 0 Å². The molecule has 0 atom stereocenters. The third-order valence-corrected chi connectivity index (χ3v) is 7.81. The zero-order valence-electron chi connectivity index (χ0n) is 15.3.